The van der Waals surface area contributed by atoms with E-state index >= 15 is 0 Å². The Labute approximate surface area is 126 Å². The molecular formula is C16H15NO5. The minimum Gasteiger partial charge on any atom is -0.389 e. The molecule has 3 N–H and O–H groups in total. The van der Waals surface area contributed by atoms with Gasteiger partial charge in [-0.15, -0.1) is 0 Å². The summed E-state index contributed by atoms with van der Waals surface area (Å²) in [4.78, 5) is 23.7. The maximum absolute atomic E-state index is 11.8. The minimum absolute atomic E-state index is 0.213. The molecule has 6 heteroatoms. The molecule has 3 rings (SSSR count). The summed E-state index contributed by atoms with van der Waals surface area (Å²) in [5.41, 5.74) is 1.03. The van der Waals surface area contributed by atoms with Crippen LogP contribution in [0.1, 0.15) is 32.4 Å². The van der Waals surface area contributed by atoms with E-state index in [0.29, 0.717) is 16.3 Å². The minimum atomic E-state index is -1.13. The molecule has 2 aromatic carbocycles. The molecule has 0 aliphatic carbocycles. The first-order chi connectivity index (χ1) is 10.5. The molecule has 0 radical (unpaired) electrons. The number of esters is 2. The Morgan fingerprint density at radius 1 is 1.09 bits per heavy atom. The van der Waals surface area contributed by atoms with Crippen LogP contribution >= 0.6 is 0 Å². The van der Waals surface area contributed by atoms with E-state index in [0.717, 1.165) is 0 Å². The Balaban J connectivity index is 2.22. The van der Waals surface area contributed by atoms with Crippen molar-refractivity contribution in [2.45, 2.75) is 12.2 Å². The Hall–Kier alpha value is -2.28. The lowest BCUT2D eigenvalue weighted by atomic mass is 9.90. The largest absolute Gasteiger partial charge is 0.389 e. The number of cyclic esters (lactones) is 2. The van der Waals surface area contributed by atoms with Crippen molar-refractivity contribution in [1.82, 2.24) is 5.32 Å². The second-order valence-electron chi connectivity index (χ2n) is 5.18. The van der Waals surface area contributed by atoms with Gasteiger partial charge in [-0.3, -0.25) is 0 Å². The zero-order chi connectivity index (χ0) is 15.9. The van der Waals surface area contributed by atoms with Gasteiger partial charge < -0.3 is 20.3 Å². The zero-order valence-electron chi connectivity index (χ0n) is 11.9. The highest BCUT2D eigenvalue weighted by Crippen LogP contribution is 2.34. The van der Waals surface area contributed by atoms with Crippen molar-refractivity contribution in [3.63, 3.8) is 0 Å². The average molecular weight is 301 g/mol. The highest BCUT2D eigenvalue weighted by atomic mass is 16.6. The molecule has 1 aliphatic rings. The molecule has 0 saturated carbocycles. The topological polar surface area (TPSA) is 95.9 Å². The van der Waals surface area contributed by atoms with Gasteiger partial charge in [0.25, 0.3) is 0 Å². The van der Waals surface area contributed by atoms with Crippen molar-refractivity contribution in [2.75, 3.05) is 13.6 Å². The molecule has 0 saturated heterocycles. The van der Waals surface area contributed by atoms with Crippen LogP contribution in [0.15, 0.2) is 30.3 Å². The number of rotatable bonds is 4. The number of hydrogen-bond donors (Lipinski definition) is 3. The number of nitrogens with one attached hydrogen (secondary N) is 1. The quantitative estimate of drug-likeness (QED) is 0.570. The fourth-order valence-electron chi connectivity index (χ4n) is 2.75. The molecule has 0 amide bonds. The van der Waals surface area contributed by atoms with E-state index < -0.39 is 24.1 Å². The van der Waals surface area contributed by atoms with Crippen LogP contribution in [0.2, 0.25) is 0 Å². The standard InChI is InChI=1S/C16H15NO5/c1-17-7-12(18)14(19)9-5-6-11-13-8(9)3-2-4-10(13)15(20)22-16(11)21/h2-6,12,14,17-19H,7H2,1H3. The van der Waals surface area contributed by atoms with E-state index in [9.17, 15) is 19.8 Å². The van der Waals surface area contributed by atoms with E-state index in [4.69, 9.17) is 0 Å². The third kappa shape index (κ3) is 2.18. The lowest BCUT2D eigenvalue weighted by Crippen LogP contribution is -2.30. The summed E-state index contributed by atoms with van der Waals surface area (Å²) >= 11 is 0. The van der Waals surface area contributed by atoms with Crippen LogP contribution in [0.25, 0.3) is 10.8 Å². The van der Waals surface area contributed by atoms with Gasteiger partial charge in [0.05, 0.1) is 17.2 Å². The van der Waals surface area contributed by atoms with Crippen LogP contribution in [-0.4, -0.2) is 41.8 Å². The molecule has 1 aliphatic heterocycles. The van der Waals surface area contributed by atoms with Gasteiger partial charge in [0.2, 0.25) is 0 Å². The Kier molecular flexibility index (Phi) is 3.66. The second kappa shape index (κ2) is 5.49. The summed E-state index contributed by atoms with van der Waals surface area (Å²) in [6.07, 6.45) is -2.14. The Morgan fingerprint density at radius 2 is 1.77 bits per heavy atom. The molecule has 0 aromatic heterocycles. The van der Waals surface area contributed by atoms with Crippen LogP contribution in [0.4, 0.5) is 0 Å². The fourth-order valence-corrected chi connectivity index (χ4v) is 2.75. The van der Waals surface area contributed by atoms with E-state index in [2.05, 4.69) is 10.1 Å². The summed E-state index contributed by atoms with van der Waals surface area (Å²) in [6, 6.07) is 8.01. The first-order valence-corrected chi connectivity index (χ1v) is 6.87. The normalized spacial score (nSPS) is 16.5. The molecule has 0 spiro atoms. The van der Waals surface area contributed by atoms with E-state index in [-0.39, 0.29) is 17.7 Å². The highest BCUT2D eigenvalue weighted by Gasteiger charge is 2.29. The van der Waals surface area contributed by atoms with Gasteiger partial charge in [-0.2, -0.15) is 0 Å². The molecule has 114 valence electrons. The van der Waals surface area contributed by atoms with Crippen molar-refractivity contribution in [1.29, 1.82) is 0 Å². The number of benzene rings is 2. The van der Waals surface area contributed by atoms with Crippen LogP contribution in [-0.2, 0) is 4.74 Å². The lowest BCUT2D eigenvalue weighted by Gasteiger charge is -2.22. The summed E-state index contributed by atoms with van der Waals surface area (Å²) in [5.74, 6) is -1.41. The molecule has 6 nitrogen and oxygen atoms in total. The first-order valence-electron chi connectivity index (χ1n) is 6.87. The van der Waals surface area contributed by atoms with Gasteiger partial charge in [0.15, 0.2) is 0 Å². The fraction of sp³-hybridized carbons (Fsp3) is 0.250. The maximum Gasteiger partial charge on any atom is 0.346 e. The molecule has 1 heterocycles. The SMILES string of the molecule is CNCC(O)C(O)c1ccc2c3c(cccc13)C(=O)OC2=O. The summed E-state index contributed by atoms with van der Waals surface area (Å²) in [6.45, 7) is 0.213. The third-order valence-electron chi connectivity index (χ3n) is 3.80. The van der Waals surface area contributed by atoms with Gasteiger partial charge >= 0.3 is 11.9 Å². The highest BCUT2D eigenvalue weighted by molar-refractivity contribution is 6.21. The van der Waals surface area contributed by atoms with Gasteiger partial charge in [-0.1, -0.05) is 18.2 Å². The molecule has 2 unspecified atom stereocenters. The smallest absolute Gasteiger partial charge is 0.346 e. The molecule has 2 atom stereocenters. The predicted molar refractivity (Wildman–Crippen MR) is 78.6 cm³/mol. The van der Waals surface area contributed by atoms with Crippen LogP contribution in [0.3, 0.4) is 0 Å². The van der Waals surface area contributed by atoms with Crippen molar-refractivity contribution in [3.8, 4) is 0 Å². The van der Waals surface area contributed by atoms with Crippen molar-refractivity contribution >= 4 is 22.7 Å². The van der Waals surface area contributed by atoms with Gasteiger partial charge in [0.1, 0.15) is 6.10 Å². The number of ether oxygens (including phenoxy) is 1. The summed E-state index contributed by atoms with van der Waals surface area (Å²) < 4.78 is 4.69. The molecule has 2 aromatic rings. The number of likely N-dealkylation sites (N-methyl/N-ethyl adjacent to an activating group) is 1. The number of aliphatic hydroxyl groups is 2. The monoisotopic (exact) mass is 301 g/mol. The molecule has 0 bridgehead atoms. The van der Waals surface area contributed by atoms with E-state index in [1.807, 2.05) is 0 Å². The van der Waals surface area contributed by atoms with E-state index in [1.54, 1.807) is 31.3 Å². The molecule has 0 fully saturated rings. The van der Waals surface area contributed by atoms with Crippen molar-refractivity contribution < 1.29 is 24.5 Å². The summed E-state index contributed by atoms with van der Waals surface area (Å²) in [5, 5.41) is 24.1. The third-order valence-corrected chi connectivity index (χ3v) is 3.80. The number of carbonyl (C=O) groups excluding carboxylic acids is 2. The Bertz CT molecular complexity index is 750. The number of aliphatic hydroxyl groups excluding tert-OH is 2. The first kappa shape index (κ1) is 14.6. The van der Waals surface area contributed by atoms with Gasteiger partial charge in [0, 0.05) is 11.9 Å². The zero-order valence-corrected chi connectivity index (χ0v) is 11.9. The molecule has 22 heavy (non-hydrogen) atoms. The predicted octanol–water partition coefficient (Wildman–Crippen LogP) is 0.764. The van der Waals surface area contributed by atoms with Gasteiger partial charge in [-0.05, 0) is 30.1 Å². The average Bonchev–Trinajstić information content (AvgIpc) is 2.51. The Morgan fingerprint density at radius 3 is 2.45 bits per heavy atom. The van der Waals surface area contributed by atoms with Crippen LogP contribution in [0.5, 0.6) is 0 Å². The number of carbonyl (C=O) groups is 2. The maximum atomic E-state index is 11.8. The van der Waals surface area contributed by atoms with Gasteiger partial charge in [-0.25, -0.2) is 9.59 Å². The van der Waals surface area contributed by atoms with Crippen LogP contribution in [0, 0.1) is 0 Å². The van der Waals surface area contributed by atoms with Crippen LogP contribution < -0.4 is 5.32 Å². The summed E-state index contributed by atoms with van der Waals surface area (Å²) in [7, 11) is 1.67. The van der Waals surface area contributed by atoms with E-state index in [1.165, 1.54) is 6.07 Å². The van der Waals surface area contributed by atoms with Crippen molar-refractivity contribution in [3.05, 3.63) is 47.0 Å². The molecular weight excluding hydrogens is 286 g/mol. The van der Waals surface area contributed by atoms with Crippen molar-refractivity contribution in [2.24, 2.45) is 0 Å². The second-order valence-corrected chi connectivity index (χ2v) is 5.18. The lowest BCUT2D eigenvalue weighted by molar-refractivity contribution is 0.0211. The number of hydrogen-bond acceptors (Lipinski definition) is 6.